The molecule has 3 aromatic rings. The minimum atomic E-state index is -0.500. The van der Waals surface area contributed by atoms with Crippen LogP contribution in [-0.4, -0.2) is 20.7 Å². The van der Waals surface area contributed by atoms with E-state index < -0.39 is 5.97 Å². The fourth-order valence-corrected chi connectivity index (χ4v) is 2.29. The summed E-state index contributed by atoms with van der Waals surface area (Å²) < 4.78 is 7.10. The first kappa shape index (κ1) is 14.5. The highest BCUT2D eigenvalue weighted by Crippen LogP contribution is 2.24. The van der Waals surface area contributed by atoms with E-state index in [9.17, 15) is 4.79 Å². The van der Waals surface area contributed by atoms with Crippen LogP contribution in [0, 0.1) is 0 Å². The summed E-state index contributed by atoms with van der Waals surface area (Å²) in [5.74, 6) is -0.174. The van der Waals surface area contributed by atoms with E-state index in [1.807, 2.05) is 13.8 Å². The lowest BCUT2D eigenvalue weighted by atomic mass is 10.2. The molecule has 0 atom stereocenters. The predicted molar refractivity (Wildman–Crippen MR) is 84.3 cm³/mol. The van der Waals surface area contributed by atoms with E-state index in [1.54, 1.807) is 41.2 Å². The molecule has 0 saturated heterocycles. The Labute approximate surface area is 132 Å². The second-order valence-corrected chi connectivity index (χ2v) is 5.55. The van der Waals surface area contributed by atoms with Crippen molar-refractivity contribution in [2.45, 2.75) is 19.9 Å². The minimum absolute atomic E-state index is 0.200. The molecule has 3 rings (SSSR count). The van der Waals surface area contributed by atoms with E-state index in [2.05, 4.69) is 10.1 Å². The first-order valence-electron chi connectivity index (χ1n) is 6.86. The Morgan fingerprint density at radius 2 is 2.05 bits per heavy atom. The van der Waals surface area contributed by atoms with Crippen LogP contribution in [0.1, 0.15) is 30.2 Å². The highest BCUT2D eigenvalue weighted by Gasteiger charge is 2.14. The van der Waals surface area contributed by atoms with Gasteiger partial charge in [0.05, 0.1) is 16.8 Å². The van der Waals surface area contributed by atoms with E-state index in [4.69, 9.17) is 16.3 Å². The molecule has 22 heavy (non-hydrogen) atoms. The van der Waals surface area contributed by atoms with Crippen LogP contribution in [0.3, 0.4) is 0 Å². The Balaban J connectivity index is 1.90. The van der Waals surface area contributed by atoms with Crippen molar-refractivity contribution in [3.8, 4) is 5.75 Å². The number of hydrogen-bond donors (Lipinski definition) is 0. The quantitative estimate of drug-likeness (QED) is 0.543. The Hall–Kier alpha value is -2.40. The summed E-state index contributed by atoms with van der Waals surface area (Å²) in [4.78, 5) is 16.5. The summed E-state index contributed by atoms with van der Waals surface area (Å²) in [6.07, 6.45) is 3.18. The van der Waals surface area contributed by atoms with Crippen molar-refractivity contribution in [3.63, 3.8) is 0 Å². The fourth-order valence-electron chi connectivity index (χ4n) is 2.12. The van der Waals surface area contributed by atoms with Gasteiger partial charge in [-0.15, -0.1) is 0 Å². The number of ether oxygens (including phenoxy) is 1. The molecule has 2 heterocycles. The summed E-state index contributed by atoms with van der Waals surface area (Å²) in [5, 5.41) is 5.45. The van der Waals surface area contributed by atoms with Gasteiger partial charge in [-0.25, -0.2) is 14.5 Å². The molecule has 0 fully saturated rings. The third-order valence-electron chi connectivity index (χ3n) is 3.20. The molecule has 0 unspecified atom stereocenters. The first-order valence-corrected chi connectivity index (χ1v) is 7.24. The maximum atomic E-state index is 12.2. The normalized spacial score (nSPS) is 11.1. The third-order valence-corrected chi connectivity index (χ3v) is 3.51. The number of carbonyl (C=O) groups is 1. The number of benzene rings is 1. The Morgan fingerprint density at radius 1 is 1.27 bits per heavy atom. The van der Waals surface area contributed by atoms with Crippen LogP contribution in [0.4, 0.5) is 0 Å². The van der Waals surface area contributed by atoms with Crippen LogP contribution in [0.25, 0.3) is 11.0 Å². The van der Waals surface area contributed by atoms with Gasteiger partial charge in [0, 0.05) is 17.6 Å². The van der Waals surface area contributed by atoms with Crippen LogP contribution < -0.4 is 4.74 Å². The van der Waals surface area contributed by atoms with E-state index >= 15 is 0 Å². The molecular formula is C16H14ClN3O2. The summed E-state index contributed by atoms with van der Waals surface area (Å²) in [6.45, 7) is 4.04. The molecule has 0 radical (unpaired) electrons. The second-order valence-electron chi connectivity index (χ2n) is 5.14. The zero-order valence-electron chi connectivity index (χ0n) is 12.2. The SMILES string of the molecule is CC(C)n1ncc2cc(C(=O)Oc3ccccc3Cl)cnc21. The van der Waals surface area contributed by atoms with E-state index in [0.717, 1.165) is 11.0 Å². The zero-order chi connectivity index (χ0) is 15.7. The summed E-state index contributed by atoms with van der Waals surface area (Å²) in [7, 11) is 0. The number of carbonyl (C=O) groups excluding carboxylic acids is 1. The number of aromatic nitrogens is 3. The van der Waals surface area contributed by atoms with Gasteiger partial charge in [0.2, 0.25) is 0 Å². The molecule has 0 aliphatic heterocycles. The van der Waals surface area contributed by atoms with Crippen molar-refractivity contribution in [3.05, 3.63) is 53.3 Å². The number of pyridine rings is 1. The average Bonchev–Trinajstić information content (AvgIpc) is 2.92. The predicted octanol–water partition coefficient (Wildman–Crippen LogP) is 3.88. The van der Waals surface area contributed by atoms with Gasteiger partial charge >= 0.3 is 5.97 Å². The van der Waals surface area contributed by atoms with Gasteiger partial charge in [-0.2, -0.15) is 5.10 Å². The van der Waals surface area contributed by atoms with Crippen LogP contribution in [0.15, 0.2) is 42.7 Å². The molecule has 112 valence electrons. The maximum absolute atomic E-state index is 12.2. The van der Waals surface area contributed by atoms with Crippen LogP contribution in [0.2, 0.25) is 5.02 Å². The highest BCUT2D eigenvalue weighted by atomic mass is 35.5. The number of para-hydroxylation sites is 1. The lowest BCUT2D eigenvalue weighted by Crippen LogP contribution is -2.09. The highest BCUT2D eigenvalue weighted by molar-refractivity contribution is 6.32. The molecule has 0 spiro atoms. The number of hydrogen-bond acceptors (Lipinski definition) is 4. The van der Waals surface area contributed by atoms with Crippen LogP contribution in [-0.2, 0) is 0 Å². The van der Waals surface area contributed by atoms with Crippen LogP contribution in [0.5, 0.6) is 5.75 Å². The summed E-state index contributed by atoms with van der Waals surface area (Å²) in [6, 6.07) is 8.75. The van der Waals surface area contributed by atoms with Crippen molar-refractivity contribution in [1.29, 1.82) is 0 Å². The number of esters is 1. The molecule has 5 nitrogen and oxygen atoms in total. The molecule has 1 aromatic carbocycles. The minimum Gasteiger partial charge on any atom is -0.421 e. The number of nitrogens with zero attached hydrogens (tertiary/aromatic N) is 3. The van der Waals surface area contributed by atoms with Gasteiger partial charge < -0.3 is 4.74 Å². The van der Waals surface area contributed by atoms with Gasteiger partial charge in [-0.05, 0) is 32.0 Å². The zero-order valence-corrected chi connectivity index (χ0v) is 12.9. The molecule has 0 bridgehead atoms. The average molecular weight is 316 g/mol. The lowest BCUT2D eigenvalue weighted by molar-refractivity contribution is 0.0734. The molecule has 0 aliphatic carbocycles. The second kappa shape index (κ2) is 5.77. The Kier molecular flexibility index (Phi) is 3.81. The Morgan fingerprint density at radius 3 is 2.77 bits per heavy atom. The standard InChI is InChI=1S/C16H14ClN3O2/c1-10(2)20-15-11(9-19-20)7-12(8-18-15)16(21)22-14-6-4-3-5-13(14)17/h3-10H,1-2H3. The molecule has 0 saturated carbocycles. The van der Waals surface area contributed by atoms with E-state index in [0.29, 0.717) is 16.3 Å². The molecule has 0 N–H and O–H groups in total. The maximum Gasteiger partial charge on any atom is 0.345 e. The van der Waals surface area contributed by atoms with Gasteiger partial charge in [0.1, 0.15) is 5.75 Å². The number of rotatable bonds is 3. The number of fused-ring (bicyclic) bond motifs is 1. The molecule has 6 heteroatoms. The molecule has 0 amide bonds. The smallest absolute Gasteiger partial charge is 0.345 e. The summed E-state index contributed by atoms with van der Waals surface area (Å²) in [5.41, 5.74) is 1.10. The third kappa shape index (κ3) is 2.67. The van der Waals surface area contributed by atoms with Crippen molar-refractivity contribution >= 4 is 28.6 Å². The largest absolute Gasteiger partial charge is 0.421 e. The molecule has 0 aliphatic rings. The topological polar surface area (TPSA) is 57.0 Å². The van der Waals surface area contributed by atoms with Crippen molar-refractivity contribution in [2.24, 2.45) is 0 Å². The Bertz CT molecular complexity index is 842. The number of halogens is 1. The van der Waals surface area contributed by atoms with Crippen molar-refractivity contribution < 1.29 is 9.53 Å². The molecule has 2 aromatic heterocycles. The van der Waals surface area contributed by atoms with E-state index in [1.165, 1.54) is 6.20 Å². The van der Waals surface area contributed by atoms with E-state index in [-0.39, 0.29) is 6.04 Å². The van der Waals surface area contributed by atoms with Gasteiger partial charge in [-0.1, -0.05) is 23.7 Å². The monoisotopic (exact) mass is 315 g/mol. The first-order chi connectivity index (χ1) is 10.6. The van der Waals surface area contributed by atoms with Crippen LogP contribution >= 0.6 is 11.6 Å². The van der Waals surface area contributed by atoms with Gasteiger partial charge in [0.25, 0.3) is 0 Å². The lowest BCUT2D eigenvalue weighted by Gasteiger charge is -2.07. The van der Waals surface area contributed by atoms with Crippen molar-refractivity contribution in [1.82, 2.24) is 14.8 Å². The molecular weight excluding hydrogens is 302 g/mol. The summed E-state index contributed by atoms with van der Waals surface area (Å²) >= 11 is 5.98. The van der Waals surface area contributed by atoms with Crippen molar-refractivity contribution in [2.75, 3.05) is 0 Å². The van der Waals surface area contributed by atoms with Gasteiger partial charge in [-0.3, -0.25) is 0 Å². The fraction of sp³-hybridized carbons (Fsp3) is 0.188. The van der Waals surface area contributed by atoms with Gasteiger partial charge in [0.15, 0.2) is 5.65 Å².